The summed E-state index contributed by atoms with van der Waals surface area (Å²) in [5.74, 6) is 0. The zero-order valence-corrected chi connectivity index (χ0v) is 32.0. The first-order valence-corrected chi connectivity index (χ1v) is 19.6. The zero-order chi connectivity index (χ0) is 38.9. The molecule has 2 N–H and O–H groups in total. The van der Waals surface area contributed by atoms with Crippen LogP contribution in [0.2, 0.25) is 0 Å². The summed E-state index contributed by atoms with van der Waals surface area (Å²) in [6.45, 7) is 0. The molecule has 9 aromatic carbocycles. The standard InChI is InChI=1S/C54H42N4/c1-6-16-41(17-7-1)54-40-46(56-45-32-37-52(38-33-45)58(49-22-12-4-13-23-49)50-24-14-5-15-25-50)34-39-53(54)42-26-28-43(29-27-42)55-44-30-35-51(36-31-44)57(47-18-8-2-9-19-47)48-20-10-3-11-21-48/h1-40,55-56H. The van der Waals surface area contributed by atoms with Crippen molar-refractivity contribution in [3.63, 3.8) is 0 Å². The Balaban J connectivity index is 0.939. The van der Waals surface area contributed by atoms with Crippen LogP contribution in [0, 0.1) is 0 Å². The van der Waals surface area contributed by atoms with Crippen molar-refractivity contribution >= 4 is 56.9 Å². The molecule has 278 valence electrons. The lowest BCUT2D eigenvalue weighted by molar-refractivity contribution is 1.28. The van der Waals surface area contributed by atoms with Crippen molar-refractivity contribution in [1.29, 1.82) is 0 Å². The SMILES string of the molecule is c1ccc(-c2cc(Nc3ccc(N(c4ccccc4)c4ccccc4)cc3)ccc2-c2ccc(Nc3ccc(N(c4ccccc4)c4ccccc4)cc3)cc2)cc1. The highest BCUT2D eigenvalue weighted by atomic mass is 15.1. The molecule has 0 aromatic heterocycles. The maximum Gasteiger partial charge on any atom is 0.0463 e. The van der Waals surface area contributed by atoms with Gasteiger partial charge in [0.1, 0.15) is 0 Å². The quantitative estimate of drug-likeness (QED) is 0.130. The predicted octanol–water partition coefficient (Wildman–Crippen LogP) is 15.4. The fourth-order valence-electron chi connectivity index (χ4n) is 7.39. The number of rotatable bonds is 12. The summed E-state index contributed by atoms with van der Waals surface area (Å²) >= 11 is 0. The van der Waals surface area contributed by atoms with Gasteiger partial charge in [0.15, 0.2) is 0 Å². The fourth-order valence-corrected chi connectivity index (χ4v) is 7.39. The monoisotopic (exact) mass is 746 g/mol. The van der Waals surface area contributed by atoms with Gasteiger partial charge in [-0.15, -0.1) is 0 Å². The fraction of sp³-hybridized carbons (Fsp3) is 0. The molecule has 0 aliphatic carbocycles. The lowest BCUT2D eigenvalue weighted by atomic mass is 9.94. The summed E-state index contributed by atoms with van der Waals surface area (Å²) in [4.78, 5) is 4.54. The van der Waals surface area contributed by atoms with E-state index in [2.05, 4.69) is 251 Å². The Hall–Kier alpha value is -7.82. The predicted molar refractivity (Wildman–Crippen MR) is 246 cm³/mol. The van der Waals surface area contributed by atoms with Gasteiger partial charge in [-0.05, 0) is 144 Å². The molecule has 0 radical (unpaired) electrons. The Morgan fingerprint density at radius 1 is 0.224 bits per heavy atom. The molecular formula is C54H42N4. The molecule has 0 saturated carbocycles. The first-order chi connectivity index (χ1) is 28.7. The first-order valence-electron chi connectivity index (χ1n) is 19.6. The molecule has 9 rings (SSSR count). The third kappa shape index (κ3) is 8.08. The van der Waals surface area contributed by atoms with E-state index in [1.807, 2.05) is 12.1 Å². The van der Waals surface area contributed by atoms with E-state index in [0.717, 1.165) is 62.4 Å². The number of hydrogen-bond donors (Lipinski definition) is 2. The Bertz CT molecular complexity index is 2590. The summed E-state index contributed by atoms with van der Waals surface area (Å²) in [6.07, 6.45) is 0. The van der Waals surface area contributed by atoms with Crippen molar-refractivity contribution < 1.29 is 0 Å². The van der Waals surface area contributed by atoms with E-state index in [9.17, 15) is 0 Å². The molecule has 0 fully saturated rings. The van der Waals surface area contributed by atoms with E-state index in [0.29, 0.717) is 0 Å². The van der Waals surface area contributed by atoms with Gasteiger partial charge in [0, 0.05) is 56.9 Å². The summed E-state index contributed by atoms with van der Waals surface area (Å²) in [5, 5.41) is 7.28. The van der Waals surface area contributed by atoms with Gasteiger partial charge in [0.2, 0.25) is 0 Å². The molecule has 0 amide bonds. The highest BCUT2D eigenvalue weighted by Gasteiger charge is 2.14. The summed E-state index contributed by atoms with van der Waals surface area (Å²) < 4.78 is 0. The van der Waals surface area contributed by atoms with Crippen LogP contribution in [0.1, 0.15) is 0 Å². The molecule has 4 heteroatoms. The van der Waals surface area contributed by atoms with Crippen molar-refractivity contribution in [2.75, 3.05) is 20.4 Å². The van der Waals surface area contributed by atoms with E-state index in [1.54, 1.807) is 0 Å². The molecule has 0 unspecified atom stereocenters. The highest BCUT2D eigenvalue weighted by molar-refractivity contribution is 5.87. The number of nitrogens with one attached hydrogen (secondary N) is 2. The normalized spacial score (nSPS) is 10.8. The van der Waals surface area contributed by atoms with Crippen molar-refractivity contribution in [3.05, 3.63) is 243 Å². The minimum Gasteiger partial charge on any atom is -0.356 e. The highest BCUT2D eigenvalue weighted by Crippen LogP contribution is 2.39. The summed E-state index contributed by atoms with van der Waals surface area (Å²) in [7, 11) is 0. The van der Waals surface area contributed by atoms with E-state index >= 15 is 0 Å². The second-order valence-electron chi connectivity index (χ2n) is 14.1. The maximum absolute atomic E-state index is 3.67. The molecule has 58 heavy (non-hydrogen) atoms. The number of benzene rings is 9. The summed E-state index contributed by atoms with van der Waals surface area (Å²) in [6, 6.07) is 85.1. The largest absolute Gasteiger partial charge is 0.356 e. The average molecular weight is 747 g/mol. The minimum absolute atomic E-state index is 1.02. The van der Waals surface area contributed by atoms with Crippen LogP contribution in [0.5, 0.6) is 0 Å². The third-order valence-corrected chi connectivity index (χ3v) is 10.2. The molecule has 0 saturated heterocycles. The molecule has 9 aromatic rings. The number of para-hydroxylation sites is 4. The first kappa shape index (κ1) is 35.9. The van der Waals surface area contributed by atoms with E-state index in [1.165, 1.54) is 16.7 Å². The second-order valence-corrected chi connectivity index (χ2v) is 14.1. The van der Waals surface area contributed by atoms with Crippen LogP contribution < -0.4 is 20.4 Å². The molecule has 0 heterocycles. The van der Waals surface area contributed by atoms with Gasteiger partial charge in [-0.1, -0.05) is 121 Å². The van der Waals surface area contributed by atoms with Crippen LogP contribution in [-0.2, 0) is 0 Å². The Morgan fingerprint density at radius 3 is 0.914 bits per heavy atom. The van der Waals surface area contributed by atoms with Gasteiger partial charge in [0.25, 0.3) is 0 Å². The van der Waals surface area contributed by atoms with E-state index < -0.39 is 0 Å². The van der Waals surface area contributed by atoms with Crippen molar-refractivity contribution in [1.82, 2.24) is 0 Å². The van der Waals surface area contributed by atoms with Crippen LogP contribution in [0.15, 0.2) is 243 Å². The molecule has 4 nitrogen and oxygen atoms in total. The third-order valence-electron chi connectivity index (χ3n) is 10.2. The molecule has 0 aliphatic rings. The van der Waals surface area contributed by atoms with Crippen LogP contribution in [0.3, 0.4) is 0 Å². The van der Waals surface area contributed by atoms with E-state index in [-0.39, 0.29) is 0 Å². The van der Waals surface area contributed by atoms with Crippen molar-refractivity contribution in [2.45, 2.75) is 0 Å². The molecule has 0 aliphatic heterocycles. The summed E-state index contributed by atoms with van der Waals surface area (Å²) in [5.41, 5.74) is 15.4. The lowest BCUT2D eigenvalue weighted by Crippen LogP contribution is -2.09. The molecule has 0 atom stereocenters. The maximum atomic E-state index is 3.67. The molecular weight excluding hydrogens is 705 g/mol. The van der Waals surface area contributed by atoms with Crippen LogP contribution >= 0.6 is 0 Å². The van der Waals surface area contributed by atoms with Crippen molar-refractivity contribution in [3.8, 4) is 22.3 Å². The zero-order valence-electron chi connectivity index (χ0n) is 32.0. The van der Waals surface area contributed by atoms with Crippen LogP contribution in [0.25, 0.3) is 22.3 Å². The molecule has 0 bridgehead atoms. The van der Waals surface area contributed by atoms with Gasteiger partial charge >= 0.3 is 0 Å². The van der Waals surface area contributed by atoms with E-state index in [4.69, 9.17) is 0 Å². The topological polar surface area (TPSA) is 30.5 Å². The Kier molecular flexibility index (Phi) is 10.5. The van der Waals surface area contributed by atoms with Gasteiger partial charge in [-0.25, -0.2) is 0 Å². The van der Waals surface area contributed by atoms with Gasteiger partial charge in [-0.2, -0.15) is 0 Å². The second kappa shape index (κ2) is 16.9. The number of hydrogen-bond acceptors (Lipinski definition) is 4. The number of anilines is 10. The van der Waals surface area contributed by atoms with Crippen LogP contribution in [-0.4, -0.2) is 0 Å². The van der Waals surface area contributed by atoms with Gasteiger partial charge in [-0.3, -0.25) is 0 Å². The number of nitrogens with zero attached hydrogens (tertiary/aromatic N) is 2. The average Bonchev–Trinajstić information content (AvgIpc) is 3.30. The Morgan fingerprint density at radius 2 is 0.517 bits per heavy atom. The smallest absolute Gasteiger partial charge is 0.0463 e. The lowest BCUT2D eigenvalue weighted by Gasteiger charge is -2.25. The van der Waals surface area contributed by atoms with Crippen LogP contribution in [0.4, 0.5) is 56.9 Å². The molecule has 0 spiro atoms. The van der Waals surface area contributed by atoms with Crippen molar-refractivity contribution in [2.24, 2.45) is 0 Å². The van der Waals surface area contributed by atoms with Gasteiger partial charge < -0.3 is 20.4 Å². The Labute approximate surface area is 341 Å². The minimum atomic E-state index is 1.02. The van der Waals surface area contributed by atoms with Gasteiger partial charge in [0.05, 0.1) is 0 Å².